The topological polar surface area (TPSA) is 55.6 Å². The molecule has 0 unspecified atom stereocenters. The molecule has 2 rings (SSSR count). The molecule has 1 aromatic heterocycles. The van der Waals surface area contributed by atoms with E-state index < -0.39 is 0 Å². The second-order valence-corrected chi connectivity index (χ2v) is 5.27. The number of benzene rings is 1. The van der Waals surface area contributed by atoms with Crippen LogP contribution in [0.25, 0.3) is 0 Å². The molecule has 5 heteroatoms. The number of carbonyl (C=O) groups is 1. The minimum atomic E-state index is 0.0512. The standard InChI is InChI=1S/C17H22N2O3/c1-13-16(14(2)22-18-13)11-17(20)19(9-10-21-3)12-15-7-5-4-6-8-15/h4-8H,9-12H2,1-3H3. The smallest absolute Gasteiger partial charge is 0.227 e. The Morgan fingerprint density at radius 2 is 2.00 bits per heavy atom. The van der Waals surface area contributed by atoms with Crippen LogP contribution in [0.1, 0.15) is 22.6 Å². The highest BCUT2D eigenvalue weighted by Crippen LogP contribution is 2.15. The quantitative estimate of drug-likeness (QED) is 0.788. The van der Waals surface area contributed by atoms with E-state index in [0.29, 0.717) is 31.9 Å². The van der Waals surface area contributed by atoms with Gasteiger partial charge in [0.25, 0.3) is 0 Å². The molecule has 0 atom stereocenters. The van der Waals surface area contributed by atoms with Crippen molar-refractivity contribution in [2.24, 2.45) is 0 Å². The molecular formula is C17H22N2O3. The average molecular weight is 302 g/mol. The molecule has 118 valence electrons. The lowest BCUT2D eigenvalue weighted by Gasteiger charge is -2.22. The molecule has 0 radical (unpaired) electrons. The molecule has 0 bridgehead atoms. The number of carbonyl (C=O) groups excluding carboxylic acids is 1. The van der Waals surface area contributed by atoms with E-state index in [9.17, 15) is 4.79 Å². The van der Waals surface area contributed by atoms with Crippen LogP contribution in [0.15, 0.2) is 34.9 Å². The van der Waals surface area contributed by atoms with Crippen molar-refractivity contribution in [3.05, 3.63) is 52.9 Å². The van der Waals surface area contributed by atoms with Crippen molar-refractivity contribution in [2.75, 3.05) is 20.3 Å². The summed E-state index contributed by atoms with van der Waals surface area (Å²) in [5, 5.41) is 3.90. The Morgan fingerprint density at radius 1 is 1.27 bits per heavy atom. The van der Waals surface area contributed by atoms with Crippen LogP contribution in [0, 0.1) is 13.8 Å². The summed E-state index contributed by atoms with van der Waals surface area (Å²) in [6, 6.07) is 9.95. The molecule has 0 fully saturated rings. The van der Waals surface area contributed by atoms with E-state index in [4.69, 9.17) is 9.26 Å². The van der Waals surface area contributed by atoms with Crippen molar-refractivity contribution in [3.63, 3.8) is 0 Å². The van der Waals surface area contributed by atoms with Crippen LogP contribution in [0.2, 0.25) is 0 Å². The fraction of sp³-hybridized carbons (Fsp3) is 0.412. The lowest BCUT2D eigenvalue weighted by molar-refractivity contribution is -0.131. The molecule has 5 nitrogen and oxygen atoms in total. The third-order valence-corrected chi connectivity index (χ3v) is 3.64. The third kappa shape index (κ3) is 4.18. The first-order chi connectivity index (χ1) is 10.6. The Balaban J connectivity index is 2.09. The highest BCUT2D eigenvalue weighted by Gasteiger charge is 2.19. The number of aryl methyl sites for hydroxylation is 2. The van der Waals surface area contributed by atoms with Gasteiger partial charge in [-0.25, -0.2) is 0 Å². The van der Waals surface area contributed by atoms with Gasteiger partial charge in [0.1, 0.15) is 5.76 Å². The zero-order chi connectivity index (χ0) is 15.9. The Hall–Kier alpha value is -2.14. The highest BCUT2D eigenvalue weighted by atomic mass is 16.5. The molecule has 0 N–H and O–H groups in total. The van der Waals surface area contributed by atoms with Crippen molar-refractivity contribution >= 4 is 5.91 Å². The lowest BCUT2D eigenvalue weighted by atomic mass is 10.1. The van der Waals surface area contributed by atoms with E-state index in [0.717, 1.165) is 16.8 Å². The first-order valence-corrected chi connectivity index (χ1v) is 7.34. The number of ether oxygens (including phenoxy) is 1. The van der Waals surface area contributed by atoms with Crippen LogP contribution in [0.3, 0.4) is 0 Å². The van der Waals surface area contributed by atoms with Gasteiger partial charge in [-0.15, -0.1) is 0 Å². The van der Waals surface area contributed by atoms with Crippen LogP contribution in [0.5, 0.6) is 0 Å². The predicted octanol–water partition coefficient (Wildman–Crippen LogP) is 2.51. The zero-order valence-electron chi connectivity index (χ0n) is 13.3. The Bertz CT molecular complexity index is 588. The average Bonchev–Trinajstić information content (AvgIpc) is 2.84. The molecule has 0 aliphatic rings. The number of hydrogen-bond acceptors (Lipinski definition) is 4. The fourth-order valence-corrected chi connectivity index (χ4v) is 2.31. The van der Waals surface area contributed by atoms with Crippen molar-refractivity contribution in [1.82, 2.24) is 10.1 Å². The molecule has 0 aliphatic carbocycles. The second kappa shape index (κ2) is 7.75. The van der Waals surface area contributed by atoms with E-state index >= 15 is 0 Å². The van der Waals surface area contributed by atoms with E-state index in [1.54, 1.807) is 7.11 Å². The van der Waals surface area contributed by atoms with Gasteiger partial charge in [-0.3, -0.25) is 4.79 Å². The van der Waals surface area contributed by atoms with Gasteiger partial charge < -0.3 is 14.2 Å². The van der Waals surface area contributed by atoms with Gasteiger partial charge in [-0.2, -0.15) is 0 Å². The molecule has 22 heavy (non-hydrogen) atoms. The Labute approximate surface area is 130 Å². The van der Waals surface area contributed by atoms with Gasteiger partial charge in [-0.1, -0.05) is 35.5 Å². The summed E-state index contributed by atoms with van der Waals surface area (Å²) in [7, 11) is 1.64. The second-order valence-electron chi connectivity index (χ2n) is 5.27. The molecule has 0 spiro atoms. The molecule has 0 aliphatic heterocycles. The largest absolute Gasteiger partial charge is 0.383 e. The molecule has 2 aromatic rings. The van der Waals surface area contributed by atoms with Gasteiger partial charge in [0, 0.05) is 25.8 Å². The zero-order valence-corrected chi connectivity index (χ0v) is 13.3. The summed E-state index contributed by atoms with van der Waals surface area (Å²) in [5.74, 6) is 0.757. The van der Waals surface area contributed by atoms with Crippen LogP contribution in [0.4, 0.5) is 0 Å². The summed E-state index contributed by atoms with van der Waals surface area (Å²) in [6.45, 7) is 5.34. The van der Waals surface area contributed by atoms with Crippen LogP contribution >= 0.6 is 0 Å². The van der Waals surface area contributed by atoms with Crippen LogP contribution in [-0.2, 0) is 22.5 Å². The molecule has 1 heterocycles. The number of aromatic nitrogens is 1. The molecule has 1 amide bonds. The monoisotopic (exact) mass is 302 g/mol. The van der Waals surface area contributed by atoms with E-state index in [-0.39, 0.29) is 5.91 Å². The first-order valence-electron chi connectivity index (χ1n) is 7.34. The van der Waals surface area contributed by atoms with E-state index in [1.165, 1.54) is 0 Å². The number of methoxy groups -OCH3 is 1. The predicted molar refractivity (Wildman–Crippen MR) is 83.4 cm³/mol. The first kappa shape index (κ1) is 16.2. The van der Waals surface area contributed by atoms with Crippen molar-refractivity contribution in [2.45, 2.75) is 26.8 Å². The van der Waals surface area contributed by atoms with Crippen molar-refractivity contribution < 1.29 is 14.1 Å². The highest BCUT2D eigenvalue weighted by molar-refractivity contribution is 5.79. The van der Waals surface area contributed by atoms with Gasteiger partial charge in [-0.05, 0) is 19.4 Å². The minimum Gasteiger partial charge on any atom is -0.383 e. The van der Waals surface area contributed by atoms with Crippen LogP contribution < -0.4 is 0 Å². The van der Waals surface area contributed by atoms with Crippen molar-refractivity contribution in [1.29, 1.82) is 0 Å². The normalized spacial score (nSPS) is 10.7. The summed E-state index contributed by atoms with van der Waals surface area (Å²) in [4.78, 5) is 14.4. The summed E-state index contributed by atoms with van der Waals surface area (Å²) in [6.07, 6.45) is 0.303. The molecule has 0 saturated carbocycles. The van der Waals surface area contributed by atoms with Gasteiger partial charge >= 0.3 is 0 Å². The number of nitrogens with zero attached hydrogens (tertiary/aromatic N) is 2. The van der Waals surface area contributed by atoms with Crippen molar-refractivity contribution in [3.8, 4) is 0 Å². The van der Waals surface area contributed by atoms with Gasteiger partial charge in [0.05, 0.1) is 18.7 Å². The minimum absolute atomic E-state index is 0.0512. The summed E-state index contributed by atoms with van der Waals surface area (Å²) in [5.41, 5.74) is 2.75. The van der Waals surface area contributed by atoms with Crippen LogP contribution in [-0.4, -0.2) is 36.2 Å². The summed E-state index contributed by atoms with van der Waals surface area (Å²) >= 11 is 0. The third-order valence-electron chi connectivity index (χ3n) is 3.64. The van der Waals surface area contributed by atoms with E-state index in [2.05, 4.69) is 5.16 Å². The molecule has 1 aromatic carbocycles. The maximum Gasteiger partial charge on any atom is 0.227 e. The Kier molecular flexibility index (Phi) is 5.72. The maximum atomic E-state index is 12.6. The number of rotatable bonds is 7. The van der Waals surface area contributed by atoms with E-state index in [1.807, 2.05) is 49.1 Å². The molecular weight excluding hydrogens is 280 g/mol. The SMILES string of the molecule is COCCN(Cc1ccccc1)C(=O)Cc1c(C)noc1C. The molecule has 0 saturated heterocycles. The Morgan fingerprint density at radius 3 is 2.59 bits per heavy atom. The number of amides is 1. The summed E-state index contributed by atoms with van der Waals surface area (Å²) < 4.78 is 10.2. The van der Waals surface area contributed by atoms with Gasteiger partial charge in [0.2, 0.25) is 5.91 Å². The number of hydrogen-bond donors (Lipinski definition) is 0. The lowest BCUT2D eigenvalue weighted by Crippen LogP contribution is -2.34. The van der Waals surface area contributed by atoms with Gasteiger partial charge in [0.15, 0.2) is 0 Å². The fourth-order valence-electron chi connectivity index (χ4n) is 2.31. The maximum absolute atomic E-state index is 12.6.